The maximum Gasteiger partial charge on any atom is 0.474 e. The Morgan fingerprint density at radius 1 is 1.43 bits per heavy atom. The van der Waals surface area contributed by atoms with Gasteiger partial charge in [0.1, 0.15) is 24.6 Å². The molecular formula is C11H13N5O7. The van der Waals surface area contributed by atoms with Crippen LogP contribution >= 0.6 is 0 Å². The summed E-state index contributed by atoms with van der Waals surface area (Å²) in [6.45, 7) is -0.500. The number of rotatable bonds is 4. The van der Waals surface area contributed by atoms with E-state index in [9.17, 15) is 20.3 Å². The third-order valence-corrected chi connectivity index (χ3v) is 3.53. The fourth-order valence-corrected chi connectivity index (χ4v) is 2.40. The van der Waals surface area contributed by atoms with Crippen molar-refractivity contribution in [1.29, 1.82) is 0 Å². The van der Waals surface area contributed by atoms with Gasteiger partial charge in [-0.3, -0.25) is 4.57 Å². The average molecular weight is 327 g/mol. The van der Waals surface area contributed by atoms with E-state index in [1.165, 1.54) is 18.0 Å². The number of aliphatic hydroxyl groups is 3. The Labute approximate surface area is 128 Å². The molecule has 1 aliphatic rings. The quantitative estimate of drug-likeness (QED) is 0.437. The highest BCUT2D eigenvalue weighted by molar-refractivity contribution is 5.77. The van der Waals surface area contributed by atoms with Gasteiger partial charge in [0.2, 0.25) is 11.2 Å². The molecule has 12 heteroatoms. The first kappa shape index (κ1) is 15.5. The van der Waals surface area contributed by atoms with Crippen LogP contribution < -0.4 is 4.74 Å². The molecule has 124 valence electrons. The smallest absolute Gasteiger partial charge is 0.467 e. The molecule has 12 nitrogen and oxygen atoms in total. The van der Waals surface area contributed by atoms with Gasteiger partial charge in [-0.1, -0.05) is 0 Å². The summed E-state index contributed by atoms with van der Waals surface area (Å²) in [4.78, 5) is 21.5. The monoisotopic (exact) mass is 327 g/mol. The zero-order valence-electron chi connectivity index (χ0n) is 11.8. The van der Waals surface area contributed by atoms with Crippen molar-refractivity contribution >= 4 is 17.1 Å². The van der Waals surface area contributed by atoms with Gasteiger partial charge in [-0.25, -0.2) is 4.98 Å². The molecule has 3 rings (SSSR count). The Morgan fingerprint density at radius 3 is 2.74 bits per heavy atom. The molecule has 1 fully saturated rings. The molecule has 3 N–H and O–H groups in total. The van der Waals surface area contributed by atoms with E-state index >= 15 is 0 Å². The first-order chi connectivity index (χ1) is 11.0. The fourth-order valence-electron chi connectivity index (χ4n) is 2.40. The van der Waals surface area contributed by atoms with E-state index < -0.39 is 42.0 Å². The summed E-state index contributed by atoms with van der Waals surface area (Å²) in [5.74, 6) is -0.810. The summed E-state index contributed by atoms with van der Waals surface area (Å²) >= 11 is 0. The molecule has 23 heavy (non-hydrogen) atoms. The molecule has 0 aromatic carbocycles. The second-order valence-corrected chi connectivity index (χ2v) is 4.84. The van der Waals surface area contributed by atoms with E-state index in [0.717, 1.165) is 0 Å². The number of fused-ring (bicyclic) bond motifs is 1. The minimum Gasteiger partial charge on any atom is -0.467 e. The first-order valence-corrected chi connectivity index (χ1v) is 6.53. The largest absolute Gasteiger partial charge is 0.474 e. The highest BCUT2D eigenvalue weighted by atomic mass is 16.6. The lowest BCUT2D eigenvalue weighted by Crippen LogP contribution is -2.33. The summed E-state index contributed by atoms with van der Waals surface area (Å²) in [5, 5.41) is 39.9. The zero-order chi connectivity index (χ0) is 16.7. The van der Waals surface area contributed by atoms with E-state index in [1.807, 2.05) is 0 Å². The highest BCUT2D eigenvalue weighted by Gasteiger charge is 2.44. The topological polar surface area (TPSA) is 166 Å². The van der Waals surface area contributed by atoms with Crippen LogP contribution in [0.15, 0.2) is 6.33 Å². The van der Waals surface area contributed by atoms with Crippen molar-refractivity contribution < 1.29 is 29.7 Å². The molecule has 0 aliphatic carbocycles. The van der Waals surface area contributed by atoms with E-state index in [-0.39, 0.29) is 17.0 Å². The van der Waals surface area contributed by atoms with Gasteiger partial charge in [-0.2, -0.15) is 0 Å². The van der Waals surface area contributed by atoms with Crippen molar-refractivity contribution in [2.45, 2.75) is 24.5 Å². The van der Waals surface area contributed by atoms with Gasteiger partial charge in [0.15, 0.2) is 6.23 Å². The Kier molecular flexibility index (Phi) is 3.81. The molecule has 1 saturated heterocycles. The summed E-state index contributed by atoms with van der Waals surface area (Å²) in [6, 6.07) is 0. The minimum atomic E-state index is -1.37. The third kappa shape index (κ3) is 2.37. The zero-order valence-corrected chi connectivity index (χ0v) is 11.8. The molecule has 4 atom stereocenters. The van der Waals surface area contributed by atoms with Gasteiger partial charge >= 0.3 is 11.8 Å². The van der Waals surface area contributed by atoms with Crippen molar-refractivity contribution in [3.05, 3.63) is 16.4 Å². The van der Waals surface area contributed by atoms with Crippen molar-refractivity contribution in [1.82, 2.24) is 19.5 Å². The molecule has 2 aromatic rings. The maximum atomic E-state index is 10.9. The van der Waals surface area contributed by atoms with Crippen LogP contribution in [0.1, 0.15) is 6.23 Å². The number of imidazole rings is 1. The number of hydrogen-bond donors (Lipinski definition) is 3. The molecule has 0 saturated carbocycles. The van der Waals surface area contributed by atoms with Crippen LogP contribution in [0, 0.1) is 10.1 Å². The third-order valence-electron chi connectivity index (χ3n) is 3.53. The molecule has 0 unspecified atom stereocenters. The highest BCUT2D eigenvalue weighted by Crippen LogP contribution is 2.33. The molecular weight excluding hydrogens is 314 g/mol. The lowest BCUT2D eigenvalue weighted by atomic mass is 10.1. The van der Waals surface area contributed by atoms with Crippen LogP contribution in [0.3, 0.4) is 0 Å². The number of nitrogens with zero attached hydrogens (tertiary/aromatic N) is 5. The predicted molar refractivity (Wildman–Crippen MR) is 71.5 cm³/mol. The lowest BCUT2D eigenvalue weighted by Gasteiger charge is -2.15. The Morgan fingerprint density at radius 2 is 2.17 bits per heavy atom. The lowest BCUT2D eigenvalue weighted by molar-refractivity contribution is -0.394. The SMILES string of the molecule is COc1nc([N+](=O)[O-])nc2c1ncn2[C@@H]1O[C@H](CO)[C@@H](O)[C@@H]1O. The van der Waals surface area contributed by atoms with E-state index in [4.69, 9.17) is 14.6 Å². The van der Waals surface area contributed by atoms with Crippen LogP contribution in [0.4, 0.5) is 5.95 Å². The minimum absolute atomic E-state index is 0.00149. The fraction of sp³-hybridized carbons (Fsp3) is 0.545. The molecule has 2 aromatic heterocycles. The number of methoxy groups -OCH3 is 1. The number of ether oxygens (including phenoxy) is 2. The van der Waals surface area contributed by atoms with Crippen molar-refractivity contribution in [3.63, 3.8) is 0 Å². The molecule has 0 spiro atoms. The summed E-state index contributed by atoms with van der Waals surface area (Å²) in [6.07, 6.45) is -3.57. The van der Waals surface area contributed by atoms with Crippen molar-refractivity contribution in [3.8, 4) is 5.88 Å². The number of hydrogen-bond acceptors (Lipinski definition) is 10. The van der Waals surface area contributed by atoms with Crippen molar-refractivity contribution in [2.75, 3.05) is 13.7 Å². The Hall–Kier alpha value is -2.41. The molecule has 0 bridgehead atoms. The van der Waals surface area contributed by atoms with Crippen LogP contribution in [0.5, 0.6) is 5.88 Å². The molecule has 0 radical (unpaired) electrons. The van der Waals surface area contributed by atoms with Gasteiger partial charge in [0.25, 0.3) is 0 Å². The van der Waals surface area contributed by atoms with Crippen LogP contribution in [-0.4, -0.2) is 71.8 Å². The first-order valence-electron chi connectivity index (χ1n) is 6.53. The summed E-state index contributed by atoms with van der Waals surface area (Å²) < 4.78 is 11.5. The van der Waals surface area contributed by atoms with Gasteiger partial charge in [0, 0.05) is 0 Å². The number of aliphatic hydroxyl groups excluding tert-OH is 3. The standard InChI is InChI=1S/C11H13N5O7/c1-22-9-5-8(13-11(14-9)16(20)21)15(3-12-5)10-7(19)6(18)4(2-17)23-10/h3-4,6-7,10,17-19H,2H2,1H3/t4-,6-,7+,10-/m1/s1. The normalized spacial score (nSPS) is 27.5. The van der Waals surface area contributed by atoms with Crippen LogP contribution in [-0.2, 0) is 4.74 Å². The van der Waals surface area contributed by atoms with Gasteiger partial charge in [0.05, 0.1) is 13.7 Å². The predicted octanol–water partition coefficient (Wildman–Crippen LogP) is -1.65. The maximum absolute atomic E-state index is 10.9. The Bertz CT molecular complexity index is 750. The van der Waals surface area contributed by atoms with Crippen molar-refractivity contribution in [2.24, 2.45) is 0 Å². The molecule has 3 heterocycles. The number of nitro groups is 1. The molecule has 1 aliphatic heterocycles. The van der Waals surface area contributed by atoms with Gasteiger partial charge < -0.3 is 34.9 Å². The second kappa shape index (κ2) is 5.66. The summed E-state index contributed by atoms with van der Waals surface area (Å²) in [7, 11) is 1.27. The average Bonchev–Trinajstić information content (AvgIpc) is 3.08. The summed E-state index contributed by atoms with van der Waals surface area (Å²) in [5.41, 5.74) is 0.134. The Balaban J connectivity index is 2.12. The van der Waals surface area contributed by atoms with Gasteiger partial charge in [-0.15, -0.1) is 0 Å². The van der Waals surface area contributed by atoms with Crippen LogP contribution in [0.25, 0.3) is 11.2 Å². The van der Waals surface area contributed by atoms with Crippen LogP contribution in [0.2, 0.25) is 0 Å². The van der Waals surface area contributed by atoms with E-state index in [1.54, 1.807) is 0 Å². The molecule has 0 amide bonds. The van der Waals surface area contributed by atoms with Gasteiger partial charge in [-0.05, 0) is 14.9 Å². The van der Waals surface area contributed by atoms with E-state index in [0.29, 0.717) is 0 Å². The van der Waals surface area contributed by atoms with E-state index in [2.05, 4.69) is 15.0 Å². The number of aromatic nitrogens is 4. The second-order valence-electron chi connectivity index (χ2n) is 4.84.